The molecule has 0 radical (unpaired) electrons. The van der Waals surface area contributed by atoms with Gasteiger partial charge in [0, 0.05) is 28.3 Å². The number of aromatic nitrogens is 3. The van der Waals surface area contributed by atoms with Gasteiger partial charge in [-0.15, -0.1) is 0 Å². The van der Waals surface area contributed by atoms with E-state index < -0.39 is 0 Å². The van der Waals surface area contributed by atoms with Crippen molar-refractivity contribution in [2.45, 2.75) is 106 Å². The Labute approximate surface area is 414 Å². The summed E-state index contributed by atoms with van der Waals surface area (Å²) >= 11 is 0. The first-order chi connectivity index (χ1) is 33.2. The van der Waals surface area contributed by atoms with Crippen molar-refractivity contribution in [3.8, 4) is 67.5 Å². The number of pyridine rings is 1. The van der Waals surface area contributed by atoms with Gasteiger partial charge in [0.05, 0.1) is 28.0 Å². The molecule has 0 atom stereocenters. The van der Waals surface area contributed by atoms with Gasteiger partial charge < -0.3 is 5.11 Å². The van der Waals surface area contributed by atoms with Gasteiger partial charge in [0.2, 0.25) is 0 Å². The lowest BCUT2D eigenvalue weighted by atomic mass is 9.79. The highest BCUT2D eigenvalue weighted by Gasteiger charge is 2.30. The average Bonchev–Trinajstić information content (AvgIpc) is 3.70. The van der Waals surface area contributed by atoms with Crippen LogP contribution in [0.3, 0.4) is 0 Å². The molecule has 0 saturated heterocycles. The van der Waals surface area contributed by atoms with Crippen LogP contribution in [0, 0.1) is 27.7 Å². The van der Waals surface area contributed by atoms with Crippen molar-refractivity contribution < 1.29 is 5.11 Å². The number of benzene rings is 8. The number of rotatable bonds is 6. The second-order valence-corrected chi connectivity index (χ2v) is 22.7. The molecule has 2 heterocycles. The predicted molar refractivity (Wildman–Crippen MR) is 298 cm³/mol. The molecule has 8 aromatic carbocycles. The molecular weight excluding hydrogens is 851 g/mol. The topological polar surface area (TPSA) is 50.9 Å². The van der Waals surface area contributed by atoms with E-state index in [2.05, 4.69) is 240 Å². The van der Waals surface area contributed by atoms with Crippen molar-refractivity contribution in [1.82, 2.24) is 14.5 Å². The Bertz CT molecular complexity index is 3660. The first-order valence-corrected chi connectivity index (χ1v) is 24.8. The maximum Gasteiger partial charge on any atom is 0.149 e. The fraction of sp³-hybridized carbons (Fsp3) is 0.242. The fourth-order valence-electron chi connectivity index (χ4n) is 10.8. The van der Waals surface area contributed by atoms with Gasteiger partial charge in [-0.3, -0.25) is 9.55 Å². The highest BCUT2D eigenvalue weighted by molar-refractivity contribution is 6.24. The molecule has 0 aliphatic heterocycles. The Kier molecular flexibility index (Phi) is 11.3. The smallest absolute Gasteiger partial charge is 0.149 e. The zero-order chi connectivity index (χ0) is 49.6. The van der Waals surface area contributed by atoms with E-state index in [1.807, 2.05) is 6.20 Å². The summed E-state index contributed by atoms with van der Waals surface area (Å²) in [6, 6.07) is 53.1. The summed E-state index contributed by atoms with van der Waals surface area (Å²) < 4.78 is 2.32. The van der Waals surface area contributed by atoms with Crippen LogP contribution in [0.2, 0.25) is 0 Å². The van der Waals surface area contributed by atoms with E-state index in [4.69, 9.17) is 9.97 Å². The maximum absolute atomic E-state index is 12.7. The van der Waals surface area contributed by atoms with Crippen LogP contribution in [0.4, 0.5) is 0 Å². The molecule has 1 N–H and O–H groups in total. The zero-order valence-electron chi connectivity index (χ0n) is 43.2. The molecule has 4 nitrogen and oxygen atoms in total. The number of fused-ring (bicyclic) bond motifs is 5. The molecule has 2 aromatic heterocycles. The van der Waals surface area contributed by atoms with Crippen LogP contribution >= 0.6 is 0 Å². The number of phenols is 1. The van der Waals surface area contributed by atoms with Crippen molar-refractivity contribution in [2.75, 3.05) is 0 Å². The Morgan fingerprint density at radius 2 is 1.11 bits per heavy atom. The molecule has 4 heteroatoms. The number of imidazole rings is 1. The largest absolute Gasteiger partial charge is 0.507 e. The third-order valence-electron chi connectivity index (χ3n) is 14.5. The molecule has 0 unspecified atom stereocenters. The minimum Gasteiger partial charge on any atom is -0.507 e. The summed E-state index contributed by atoms with van der Waals surface area (Å²) in [7, 11) is 0. The number of aromatic hydroxyl groups is 1. The minimum absolute atomic E-state index is 0.0875. The Morgan fingerprint density at radius 1 is 0.486 bits per heavy atom. The van der Waals surface area contributed by atoms with Gasteiger partial charge in [-0.1, -0.05) is 171 Å². The van der Waals surface area contributed by atoms with Crippen LogP contribution in [0.1, 0.15) is 101 Å². The van der Waals surface area contributed by atoms with E-state index in [1.54, 1.807) is 0 Å². The Morgan fingerprint density at radius 3 is 1.76 bits per heavy atom. The molecule has 0 aliphatic rings. The lowest BCUT2D eigenvalue weighted by Gasteiger charge is -2.28. The molecule has 0 bridgehead atoms. The standard InChI is InChI=1S/C66H65N3O/c1-39-32-40(2)58(41(3)33-39)46-30-31-67-55(35-46)45-24-26-50-52(34-45)60-49(42(4)59(50)44-22-18-15-19-23-44)27-29-57-61(60)68-63(53-37-48(65(8,9)10)38-54(62(53)70)66(11,12)13)69(57)56-28-25-47(64(5,6)7)36-51(56)43-20-16-14-17-21-43/h14-38,70H,1-13H3. The third-order valence-corrected chi connectivity index (χ3v) is 14.5. The second kappa shape index (κ2) is 17.0. The van der Waals surface area contributed by atoms with Gasteiger partial charge >= 0.3 is 0 Å². The molecule has 0 aliphatic carbocycles. The van der Waals surface area contributed by atoms with Gasteiger partial charge in [-0.05, 0) is 158 Å². The molecule has 0 saturated carbocycles. The zero-order valence-corrected chi connectivity index (χ0v) is 43.2. The maximum atomic E-state index is 12.7. The van der Waals surface area contributed by atoms with Gasteiger partial charge in [-0.25, -0.2) is 4.98 Å². The Balaban J connectivity index is 1.36. The van der Waals surface area contributed by atoms with Crippen LogP contribution in [-0.2, 0) is 16.2 Å². The van der Waals surface area contributed by atoms with Crippen LogP contribution in [0.5, 0.6) is 5.75 Å². The van der Waals surface area contributed by atoms with Crippen LogP contribution < -0.4 is 0 Å². The first-order valence-electron chi connectivity index (χ1n) is 24.8. The number of hydrogen-bond donors (Lipinski definition) is 1. The van der Waals surface area contributed by atoms with E-state index in [0.717, 1.165) is 77.3 Å². The fourth-order valence-corrected chi connectivity index (χ4v) is 10.8. The molecule has 350 valence electrons. The summed E-state index contributed by atoms with van der Waals surface area (Å²) in [6.45, 7) is 28.9. The third kappa shape index (κ3) is 8.07. The number of aryl methyl sites for hydroxylation is 4. The van der Waals surface area contributed by atoms with Gasteiger partial charge in [0.1, 0.15) is 11.6 Å². The summed E-state index contributed by atoms with van der Waals surface area (Å²) in [5.41, 5.74) is 20.1. The van der Waals surface area contributed by atoms with Crippen molar-refractivity contribution in [3.05, 3.63) is 191 Å². The highest BCUT2D eigenvalue weighted by Crippen LogP contribution is 2.48. The van der Waals surface area contributed by atoms with Crippen molar-refractivity contribution in [1.29, 1.82) is 0 Å². The van der Waals surface area contributed by atoms with Gasteiger partial charge in [0.25, 0.3) is 0 Å². The number of phenolic OH excluding ortho intramolecular Hbond substituents is 1. The second-order valence-electron chi connectivity index (χ2n) is 22.7. The lowest BCUT2D eigenvalue weighted by molar-refractivity contribution is 0.446. The van der Waals surface area contributed by atoms with Gasteiger partial charge in [-0.2, -0.15) is 0 Å². The molecule has 10 rings (SSSR count). The normalized spacial score (nSPS) is 12.4. The minimum atomic E-state index is -0.340. The number of nitrogens with zero attached hydrogens (tertiary/aromatic N) is 3. The van der Waals surface area contributed by atoms with E-state index in [-0.39, 0.29) is 22.0 Å². The van der Waals surface area contributed by atoms with Crippen molar-refractivity contribution in [3.63, 3.8) is 0 Å². The molecule has 0 amide bonds. The molecule has 10 aromatic rings. The van der Waals surface area contributed by atoms with Crippen molar-refractivity contribution >= 4 is 32.6 Å². The van der Waals surface area contributed by atoms with Crippen LogP contribution in [0.25, 0.3) is 94.3 Å². The quantitative estimate of drug-likeness (QED) is 0.169. The van der Waals surface area contributed by atoms with E-state index in [0.29, 0.717) is 11.4 Å². The summed E-state index contributed by atoms with van der Waals surface area (Å²) in [4.78, 5) is 10.9. The predicted octanol–water partition coefficient (Wildman–Crippen LogP) is 17.9. The number of hydrogen-bond acceptors (Lipinski definition) is 3. The summed E-state index contributed by atoms with van der Waals surface area (Å²) in [6.07, 6.45) is 1.95. The lowest BCUT2D eigenvalue weighted by Crippen LogP contribution is -2.17. The summed E-state index contributed by atoms with van der Waals surface area (Å²) in [5, 5.41) is 17.2. The molecule has 0 fully saturated rings. The average molecular weight is 916 g/mol. The van der Waals surface area contributed by atoms with E-state index in [9.17, 15) is 5.11 Å². The van der Waals surface area contributed by atoms with Crippen LogP contribution in [-0.4, -0.2) is 19.6 Å². The van der Waals surface area contributed by atoms with E-state index in [1.165, 1.54) is 44.5 Å². The monoisotopic (exact) mass is 916 g/mol. The SMILES string of the molecule is Cc1cc(C)c(-c2ccnc(-c3ccc4c(-c5ccccc5)c(C)c5ccc6c(nc(-c7cc(C(C)(C)C)cc(C(C)(C)C)c7O)n6-c6ccc(C(C)(C)C)cc6-c6ccccc6)c5c4c3)c2)c(C)c1. The van der Waals surface area contributed by atoms with Gasteiger partial charge in [0.15, 0.2) is 0 Å². The van der Waals surface area contributed by atoms with E-state index >= 15 is 0 Å². The molecular formula is C66H65N3O. The summed E-state index contributed by atoms with van der Waals surface area (Å²) in [5.74, 6) is 0.957. The van der Waals surface area contributed by atoms with Crippen LogP contribution in [0.15, 0.2) is 152 Å². The highest BCUT2D eigenvalue weighted by atomic mass is 16.3. The Hall–Kier alpha value is -7.30. The first kappa shape index (κ1) is 46.4. The molecule has 0 spiro atoms. The van der Waals surface area contributed by atoms with Crippen molar-refractivity contribution in [2.24, 2.45) is 0 Å². The molecule has 70 heavy (non-hydrogen) atoms.